The van der Waals surface area contributed by atoms with Crippen molar-refractivity contribution in [3.05, 3.63) is 144 Å². The van der Waals surface area contributed by atoms with Crippen LogP contribution in [0.2, 0.25) is 0 Å². The fraction of sp³-hybridized carbons (Fsp3) is 0.172. The second-order valence-corrected chi connectivity index (χ2v) is 7.78. The van der Waals surface area contributed by atoms with Gasteiger partial charge in [-0.15, -0.1) is 0 Å². The van der Waals surface area contributed by atoms with Gasteiger partial charge in [0.2, 0.25) is 0 Å². The Kier molecular flexibility index (Phi) is 6.41. The smallest absolute Gasteiger partial charge is 0.115 e. The van der Waals surface area contributed by atoms with Crippen molar-refractivity contribution >= 4 is 0 Å². The van der Waals surface area contributed by atoms with Crippen molar-refractivity contribution in [3.63, 3.8) is 0 Å². The number of ether oxygens (including phenoxy) is 1. The fourth-order valence-corrected chi connectivity index (χ4v) is 4.12. The lowest BCUT2D eigenvalue weighted by Gasteiger charge is -2.32. The van der Waals surface area contributed by atoms with Crippen molar-refractivity contribution in [3.8, 4) is 0 Å². The second kappa shape index (κ2) is 9.56. The maximum atomic E-state index is 6.68. The third kappa shape index (κ3) is 4.53. The molecule has 0 unspecified atom stereocenters. The van der Waals surface area contributed by atoms with E-state index in [0.29, 0.717) is 12.5 Å². The Hall–Kier alpha value is -3.16. The predicted molar refractivity (Wildman–Crippen MR) is 125 cm³/mol. The summed E-state index contributed by atoms with van der Waals surface area (Å²) in [4.78, 5) is 0. The monoisotopic (exact) mass is 392 g/mol. The minimum Gasteiger partial charge on any atom is -0.366 e. The fourth-order valence-electron chi connectivity index (χ4n) is 4.12. The Morgan fingerprint density at radius 2 is 0.933 bits per heavy atom. The van der Waals surface area contributed by atoms with Crippen LogP contribution in [0.25, 0.3) is 0 Å². The highest BCUT2D eigenvalue weighted by Crippen LogP contribution is 2.35. The van der Waals surface area contributed by atoms with Gasteiger partial charge in [0.15, 0.2) is 0 Å². The first-order chi connectivity index (χ1) is 14.8. The minimum atomic E-state index is -0.486. The zero-order valence-electron chi connectivity index (χ0n) is 17.4. The number of benzene rings is 4. The van der Waals surface area contributed by atoms with Gasteiger partial charge in [0.1, 0.15) is 5.60 Å². The van der Waals surface area contributed by atoms with E-state index in [0.717, 1.165) is 6.42 Å². The van der Waals surface area contributed by atoms with Crippen LogP contribution in [0.3, 0.4) is 0 Å². The average molecular weight is 393 g/mol. The molecule has 0 heterocycles. The molecule has 150 valence electrons. The number of hydrogen-bond donors (Lipinski definition) is 0. The van der Waals surface area contributed by atoms with Crippen LogP contribution in [0.1, 0.15) is 41.5 Å². The van der Waals surface area contributed by atoms with Crippen molar-refractivity contribution in [2.45, 2.75) is 24.9 Å². The zero-order chi connectivity index (χ0) is 20.7. The molecule has 0 bridgehead atoms. The lowest BCUT2D eigenvalue weighted by molar-refractivity contribution is -0.00661. The van der Waals surface area contributed by atoms with Crippen molar-refractivity contribution in [2.24, 2.45) is 0 Å². The van der Waals surface area contributed by atoms with Gasteiger partial charge in [0, 0.05) is 12.5 Å². The van der Waals surface area contributed by atoms with Crippen molar-refractivity contribution in [2.75, 3.05) is 6.61 Å². The third-order valence-electron chi connectivity index (χ3n) is 5.85. The van der Waals surface area contributed by atoms with Gasteiger partial charge in [0.25, 0.3) is 0 Å². The molecule has 1 heteroatoms. The molecule has 0 saturated carbocycles. The second-order valence-electron chi connectivity index (χ2n) is 7.78. The van der Waals surface area contributed by atoms with Gasteiger partial charge in [-0.05, 0) is 35.6 Å². The molecule has 4 aromatic rings. The molecule has 0 radical (unpaired) electrons. The Labute approximate surface area is 180 Å². The summed E-state index contributed by atoms with van der Waals surface area (Å²) >= 11 is 0. The first-order valence-corrected chi connectivity index (χ1v) is 10.6. The highest BCUT2D eigenvalue weighted by Gasteiger charge is 2.30. The highest BCUT2D eigenvalue weighted by molar-refractivity contribution is 5.36. The molecule has 1 nitrogen and oxygen atoms in total. The SMILES string of the molecule is CC(OCCC(c1ccccc1)c1ccccc1)(c1ccccc1)c1ccccc1. The summed E-state index contributed by atoms with van der Waals surface area (Å²) in [5, 5.41) is 0. The Bertz CT molecular complexity index is 932. The number of hydrogen-bond acceptors (Lipinski definition) is 1. The van der Waals surface area contributed by atoms with E-state index in [1.54, 1.807) is 0 Å². The summed E-state index contributed by atoms with van der Waals surface area (Å²) in [7, 11) is 0. The van der Waals surface area contributed by atoms with Gasteiger partial charge in [-0.25, -0.2) is 0 Å². The standard InChI is InChI=1S/C29H28O/c1-29(26-18-10-4-11-19-26,27-20-12-5-13-21-27)30-23-22-28(24-14-6-2-7-15-24)25-16-8-3-9-17-25/h2-21,28H,22-23H2,1H3. The molecule has 0 aliphatic carbocycles. The Balaban J connectivity index is 1.59. The number of rotatable bonds is 8. The average Bonchev–Trinajstić information content (AvgIpc) is 2.84. The van der Waals surface area contributed by atoms with Gasteiger partial charge in [0.05, 0.1) is 0 Å². The molecule has 0 saturated heterocycles. The van der Waals surface area contributed by atoms with E-state index in [4.69, 9.17) is 4.74 Å². The lowest BCUT2D eigenvalue weighted by atomic mass is 9.87. The molecule has 0 aliphatic heterocycles. The van der Waals surface area contributed by atoms with Gasteiger partial charge in [-0.1, -0.05) is 121 Å². The molecular weight excluding hydrogens is 364 g/mol. The summed E-state index contributed by atoms with van der Waals surface area (Å²) in [5.74, 6) is 0.309. The van der Waals surface area contributed by atoms with E-state index in [-0.39, 0.29) is 0 Å². The molecule has 4 rings (SSSR count). The molecule has 4 aromatic carbocycles. The summed E-state index contributed by atoms with van der Waals surface area (Å²) in [6.45, 7) is 2.84. The van der Waals surface area contributed by atoms with Crippen LogP contribution in [0.5, 0.6) is 0 Å². The highest BCUT2D eigenvalue weighted by atomic mass is 16.5. The van der Waals surface area contributed by atoms with Gasteiger partial charge in [-0.3, -0.25) is 0 Å². The normalized spacial score (nSPS) is 11.5. The Morgan fingerprint density at radius 3 is 1.33 bits per heavy atom. The molecular formula is C29H28O. The van der Waals surface area contributed by atoms with Crippen LogP contribution < -0.4 is 0 Å². The topological polar surface area (TPSA) is 9.23 Å². The summed E-state index contributed by atoms with van der Waals surface area (Å²) in [5.41, 5.74) is 4.52. The van der Waals surface area contributed by atoms with Crippen molar-refractivity contribution in [1.29, 1.82) is 0 Å². The predicted octanol–water partition coefficient (Wildman–Crippen LogP) is 7.19. The van der Waals surface area contributed by atoms with E-state index in [9.17, 15) is 0 Å². The van der Waals surface area contributed by atoms with E-state index < -0.39 is 5.60 Å². The van der Waals surface area contributed by atoms with Crippen LogP contribution in [0.15, 0.2) is 121 Å². The zero-order valence-corrected chi connectivity index (χ0v) is 17.4. The van der Waals surface area contributed by atoms with Gasteiger partial charge >= 0.3 is 0 Å². The van der Waals surface area contributed by atoms with Gasteiger partial charge < -0.3 is 4.74 Å². The molecule has 0 amide bonds. The molecule has 30 heavy (non-hydrogen) atoms. The maximum Gasteiger partial charge on any atom is 0.115 e. The summed E-state index contributed by atoms with van der Waals surface area (Å²) < 4.78 is 6.68. The van der Waals surface area contributed by atoms with E-state index in [1.807, 2.05) is 0 Å². The largest absolute Gasteiger partial charge is 0.366 e. The van der Waals surface area contributed by atoms with E-state index in [2.05, 4.69) is 128 Å². The molecule has 0 spiro atoms. The lowest BCUT2D eigenvalue weighted by Crippen LogP contribution is -2.28. The third-order valence-corrected chi connectivity index (χ3v) is 5.85. The first-order valence-electron chi connectivity index (χ1n) is 10.6. The van der Waals surface area contributed by atoms with Crippen molar-refractivity contribution in [1.82, 2.24) is 0 Å². The van der Waals surface area contributed by atoms with Crippen LogP contribution in [-0.4, -0.2) is 6.61 Å². The van der Waals surface area contributed by atoms with Crippen LogP contribution in [-0.2, 0) is 10.3 Å². The van der Waals surface area contributed by atoms with Gasteiger partial charge in [-0.2, -0.15) is 0 Å². The maximum absolute atomic E-state index is 6.68. The molecule has 0 aliphatic rings. The molecule has 0 aromatic heterocycles. The van der Waals surface area contributed by atoms with Crippen LogP contribution >= 0.6 is 0 Å². The van der Waals surface area contributed by atoms with Crippen molar-refractivity contribution < 1.29 is 4.74 Å². The quantitative estimate of drug-likeness (QED) is 0.308. The van der Waals surface area contributed by atoms with Crippen LogP contribution in [0, 0.1) is 0 Å². The minimum absolute atomic E-state index is 0.309. The van der Waals surface area contributed by atoms with Crippen LogP contribution in [0.4, 0.5) is 0 Å². The summed E-state index contributed by atoms with van der Waals surface area (Å²) in [6, 6.07) is 42.5. The molecule has 0 atom stereocenters. The molecule has 0 fully saturated rings. The first kappa shape index (κ1) is 20.1. The summed E-state index contributed by atoms with van der Waals surface area (Å²) in [6.07, 6.45) is 0.920. The van der Waals surface area contributed by atoms with E-state index in [1.165, 1.54) is 22.3 Å². The molecule has 0 N–H and O–H groups in total. The Morgan fingerprint density at radius 1 is 0.567 bits per heavy atom. The van der Waals surface area contributed by atoms with E-state index >= 15 is 0 Å².